The van der Waals surface area contributed by atoms with Crippen LogP contribution in [0.15, 0.2) is 0 Å². The molecular formula is C32H53N3O5. The van der Waals surface area contributed by atoms with E-state index in [1.807, 2.05) is 6.92 Å². The van der Waals surface area contributed by atoms with Gasteiger partial charge < -0.3 is 29.7 Å². The topological polar surface area (TPSA) is 89.1 Å². The molecule has 0 aromatic rings. The first-order chi connectivity index (χ1) is 19.5. The lowest BCUT2D eigenvalue weighted by molar-refractivity contribution is -0.175. The van der Waals surface area contributed by atoms with Crippen molar-refractivity contribution in [2.24, 2.45) is 29.6 Å². The lowest BCUT2D eigenvalue weighted by atomic mass is 9.64. The third-order valence-corrected chi connectivity index (χ3v) is 11.8. The van der Waals surface area contributed by atoms with Gasteiger partial charge in [0.1, 0.15) is 6.10 Å². The Bertz CT molecular complexity index is 896. The summed E-state index contributed by atoms with van der Waals surface area (Å²) in [6.07, 6.45) is 14.5. The normalized spacial score (nSPS) is 42.1. The quantitative estimate of drug-likeness (QED) is 0.419. The third kappa shape index (κ3) is 5.35. The molecule has 40 heavy (non-hydrogen) atoms. The highest BCUT2D eigenvalue weighted by Gasteiger charge is 2.64. The van der Waals surface area contributed by atoms with E-state index < -0.39 is 6.10 Å². The van der Waals surface area contributed by atoms with Crippen LogP contribution < -0.4 is 10.6 Å². The molecule has 0 spiro atoms. The molecule has 6 fully saturated rings. The van der Waals surface area contributed by atoms with Crippen molar-refractivity contribution in [1.82, 2.24) is 15.5 Å². The Morgan fingerprint density at radius 3 is 2.60 bits per heavy atom. The van der Waals surface area contributed by atoms with Crippen molar-refractivity contribution in [3.8, 4) is 0 Å². The molecule has 11 atom stereocenters. The predicted molar refractivity (Wildman–Crippen MR) is 153 cm³/mol. The number of fused-ring (bicyclic) bond motifs is 5. The van der Waals surface area contributed by atoms with Crippen LogP contribution in [0.5, 0.6) is 0 Å². The van der Waals surface area contributed by atoms with Gasteiger partial charge in [-0.2, -0.15) is 0 Å². The molecule has 6 rings (SSSR count). The lowest BCUT2D eigenvalue weighted by Gasteiger charge is -2.55. The average molecular weight is 560 g/mol. The zero-order chi connectivity index (χ0) is 27.8. The van der Waals surface area contributed by atoms with Gasteiger partial charge in [-0.1, -0.05) is 32.1 Å². The SMILES string of the molecule is COC1CCC2C3NCCC4C5CC(OC(C)C(=O)NCCCC6CCCCC6)CCC5N(C(=O)C2C1OC)C43. The summed E-state index contributed by atoms with van der Waals surface area (Å²) in [5, 5.41) is 7.00. The maximum atomic E-state index is 14.2. The lowest BCUT2D eigenvalue weighted by Crippen LogP contribution is -2.70. The van der Waals surface area contributed by atoms with Gasteiger partial charge in [-0.15, -0.1) is 0 Å². The van der Waals surface area contributed by atoms with Crippen LogP contribution in [0.1, 0.15) is 90.4 Å². The van der Waals surface area contributed by atoms with Crippen LogP contribution in [-0.4, -0.2) is 86.6 Å². The zero-order valence-electron chi connectivity index (χ0n) is 25.0. The molecule has 0 bridgehead atoms. The van der Waals surface area contributed by atoms with Crippen LogP contribution in [0.2, 0.25) is 0 Å². The standard InChI is InChI=1S/C32H53N3O5/c1-19(31(36)34-16-7-10-20-8-5-4-6-9-20)40-21-11-13-25-24(18-21)22-15-17-33-28-23-12-14-26(38-2)30(39-3)27(23)32(37)35(25)29(22)28/h19-30,33H,4-18H2,1-3H3,(H,34,36). The van der Waals surface area contributed by atoms with Gasteiger partial charge in [-0.25, -0.2) is 0 Å². The highest BCUT2D eigenvalue weighted by molar-refractivity contribution is 5.83. The molecule has 3 saturated heterocycles. The van der Waals surface area contributed by atoms with E-state index in [9.17, 15) is 9.59 Å². The van der Waals surface area contributed by atoms with Gasteiger partial charge in [0, 0.05) is 32.8 Å². The molecule has 8 nitrogen and oxygen atoms in total. The number of carbonyl (C=O) groups excluding carboxylic acids is 2. The summed E-state index contributed by atoms with van der Waals surface area (Å²) in [7, 11) is 3.48. The third-order valence-electron chi connectivity index (χ3n) is 11.8. The van der Waals surface area contributed by atoms with Crippen LogP contribution in [0.3, 0.4) is 0 Å². The number of amides is 2. The number of hydrogen-bond donors (Lipinski definition) is 2. The van der Waals surface area contributed by atoms with Crippen molar-refractivity contribution in [3.63, 3.8) is 0 Å². The molecule has 3 heterocycles. The Morgan fingerprint density at radius 1 is 1.00 bits per heavy atom. The zero-order valence-corrected chi connectivity index (χ0v) is 25.0. The number of rotatable bonds is 9. The minimum atomic E-state index is -0.432. The summed E-state index contributed by atoms with van der Waals surface area (Å²) in [6, 6.07) is 0.882. The molecule has 3 saturated carbocycles. The monoisotopic (exact) mass is 559 g/mol. The fourth-order valence-corrected chi connectivity index (χ4v) is 10.0. The van der Waals surface area contributed by atoms with Gasteiger partial charge in [-0.05, 0) is 88.5 Å². The van der Waals surface area contributed by atoms with Crippen molar-refractivity contribution < 1.29 is 23.8 Å². The number of ether oxygens (including phenoxy) is 3. The first-order valence-corrected chi connectivity index (χ1v) is 16.6. The second-order valence-electron chi connectivity index (χ2n) is 13.8. The van der Waals surface area contributed by atoms with Gasteiger partial charge in [0.25, 0.3) is 0 Å². The van der Waals surface area contributed by atoms with Gasteiger partial charge >= 0.3 is 0 Å². The van der Waals surface area contributed by atoms with Gasteiger partial charge in [0.2, 0.25) is 11.8 Å². The van der Waals surface area contributed by atoms with E-state index in [-0.39, 0.29) is 42.2 Å². The molecule has 11 unspecified atom stereocenters. The average Bonchev–Trinajstić information content (AvgIpc) is 3.32. The highest BCUT2D eigenvalue weighted by atomic mass is 16.5. The number of piperidine rings is 2. The van der Waals surface area contributed by atoms with Crippen LogP contribution in [0.25, 0.3) is 0 Å². The fourth-order valence-electron chi connectivity index (χ4n) is 10.0. The Labute approximate surface area is 241 Å². The summed E-state index contributed by atoms with van der Waals surface area (Å²) >= 11 is 0. The van der Waals surface area contributed by atoms with Crippen molar-refractivity contribution in [1.29, 1.82) is 0 Å². The van der Waals surface area contributed by atoms with E-state index >= 15 is 0 Å². The predicted octanol–water partition coefficient (Wildman–Crippen LogP) is 3.66. The molecular weight excluding hydrogens is 506 g/mol. The van der Waals surface area contributed by atoms with Crippen LogP contribution in [0, 0.1) is 29.6 Å². The Kier molecular flexibility index (Phi) is 9.07. The Hall–Kier alpha value is -1.22. The maximum Gasteiger partial charge on any atom is 0.248 e. The summed E-state index contributed by atoms with van der Waals surface area (Å²) in [4.78, 5) is 29.4. The van der Waals surface area contributed by atoms with E-state index in [2.05, 4.69) is 15.5 Å². The van der Waals surface area contributed by atoms with Crippen molar-refractivity contribution in [3.05, 3.63) is 0 Å². The molecule has 0 radical (unpaired) electrons. The Balaban J connectivity index is 1.06. The fraction of sp³-hybridized carbons (Fsp3) is 0.938. The molecule has 8 heteroatoms. The van der Waals surface area contributed by atoms with E-state index in [0.717, 1.165) is 64.0 Å². The summed E-state index contributed by atoms with van der Waals surface area (Å²) < 4.78 is 18.1. The van der Waals surface area contributed by atoms with Gasteiger partial charge in [0.05, 0.1) is 30.3 Å². The number of nitrogens with zero attached hydrogens (tertiary/aromatic N) is 1. The number of methoxy groups -OCH3 is 2. The van der Waals surface area contributed by atoms with Gasteiger partial charge in [-0.3, -0.25) is 9.59 Å². The molecule has 2 N–H and O–H groups in total. The number of nitrogens with one attached hydrogen (secondary N) is 2. The second-order valence-corrected chi connectivity index (χ2v) is 13.8. The smallest absolute Gasteiger partial charge is 0.248 e. The largest absolute Gasteiger partial charge is 0.379 e. The van der Waals surface area contributed by atoms with E-state index in [4.69, 9.17) is 14.2 Å². The minimum absolute atomic E-state index is 0.0198. The second kappa shape index (κ2) is 12.6. The van der Waals surface area contributed by atoms with Crippen LogP contribution in [-0.2, 0) is 23.8 Å². The maximum absolute atomic E-state index is 14.2. The van der Waals surface area contributed by atoms with E-state index in [1.165, 1.54) is 38.5 Å². The molecule has 226 valence electrons. The molecule has 3 aliphatic heterocycles. The van der Waals surface area contributed by atoms with Crippen molar-refractivity contribution in [2.75, 3.05) is 27.3 Å². The summed E-state index contributed by atoms with van der Waals surface area (Å²) in [6.45, 7) is 3.67. The van der Waals surface area contributed by atoms with Crippen LogP contribution in [0.4, 0.5) is 0 Å². The first-order valence-electron chi connectivity index (χ1n) is 16.6. The van der Waals surface area contributed by atoms with Crippen molar-refractivity contribution in [2.45, 2.75) is 133 Å². The minimum Gasteiger partial charge on any atom is -0.379 e. The Morgan fingerprint density at radius 2 is 1.82 bits per heavy atom. The summed E-state index contributed by atoms with van der Waals surface area (Å²) in [5.74, 6) is 2.30. The number of hydrogen-bond acceptors (Lipinski definition) is 6. The number of carbonyl (C=O) groups is 2. The molecule has 3 aliphatic carbocycles. The molecule has 0 aromatic heterocycles. The van der Waals surface area contributed by atoms with E-state index in [1.54, 1.807) is 14.2 Å². The van der Waals surface area contributed by atoms with E-state index in [0.29, 0.717) is 29.7 Å². The van der Waals surface area contributed by atoms with Crippen LogP contribution >= 0.6 is 0 Å². The highest BCUT2D eigenvalue weighted by Crippen LogP contribution is 2.54. The van der Waals surface area contributed by atoms with Crippen molar-refractivity contribution >= 4 is 11.8 Å². The van der Waals surface area contributed by atoms with Gasteiger partial charge in [0.15, 0.2) is 0 Å². The molecule has 0 aromatic carbocycles. The molecule has 6 aliphatic rings. The first kappa shape index (κ1) is 28.9. The molecule has 2 amide bonds. The summed E-state index contributed by atoms with van der Waals surface area (Å²) in [5.41, 5.74) is 0.